The molecule has 0 heterocycles. The number of hydrogen-bond donors (Lipinski definition) is 3. The van der Waals surface area contributed by atoms with Crippen LogP contribution in [0.5, 0.6) is 5.75 Å². The molecule has 1 amide bonds. The van der Waals surface area contributed by atoms with Crippen LogP contribution < -0.4 is 5.32 Å². The van der Waals surface area contributed by atoms with Gasteiger partial charge in [-0.05, 0) is 6.07 Å². The third-order valence-corrected chi connectivity index (χ3v) is 1.83. The third-order valence-electron chi connectivity index (χ3n) is 1.83. The van der Waals surface area contributed by atoms with E-state index < -0.39 is 22.5 Å². The summed E-state index contributed by atoms with van der Waals surface area (Å²) < 4.78 is 0. The van der Waals surface area contributed by atoms with Gasteiger partial charge in [-0.1, -0.05) is 0 Å². The Morgan fingerprint density at radius 1 is 1.33 bits per heavy atom. The molecule has 3 N–H and O–H groups in total. The maximum atomic E-state index is 11.2. The van der Waals surface area contributed by atoms with Gasteiger partial charge in [-0.3, -0.25) is 14.9 Å². The van der Waals surface area contributed by atoms with Crippen LogP contribution in [-0.4, -0.2) is 27.0 Å². The normalized spacial score (nSPS) is 10.2. The largest absolute Gasteiger partial charge is 0.506 e. The number of aromatic hydroxyl groups is 1. The second kappa shape index (κ2) is 5.43. The van der Waals surface area contributed by atoms with E-state index in [0.29, 0.717) is 6.08 Å². The molecule has 0 aliphatic heterocycles. The molecule has 0 aliphatic carbocycles. The van der Waals surface area contributed by atoms with E-state index in [2.05, 4.69) is 5.32 Å². The van der Waals surface area contributed by atoms with Crippen LogP contribution in [0, 0.1) is 10.1 Å². The Morgan fingerprint density at radius 3 is 2.50 bits per heavy atom. The second-order valence-electron chi connectivity index (χ2n) is 3.12. The molecule has 1 rings (SSSR count). The molecular formula is C10H8N2O6. The number of phenolic OH excluding ortho intramolecular Hbond substituents is 1. The highest BCUT2D eigenvalue weighted by Crippen LogP contribution is 2.27. The molecule has 8 heteroatoms. The molecule has 0 spiro atoms. The van der Waals surface area contributed by atoms with Crippen LogP contribution in [0.3, 0.4) is 0 Å². The highest BCUT2D eigenvalue weighted by Gasteiger charge is 2.11. The van der Waals surface area contributed by atoms with Crippen LogP contribution in [0.1, 0.15) is 0 Å². The topological polar surface area (TPSA) is 130 Å². The maximum absolute atomic E-state index is 11.2. The molecule has 1 aromatic carbocycles. The molecule has 0 radical (unpaired) electrons. The molecule has 0 fully saturated rings. The minimum atomic E-state index is -1.29. The lowest BCUT2D eigenvalue weighted by molar-refractivity contribution is -0.384. The number of carboxylic acids is 1. The Hall–Kier alpha value is -2.90. The Balaban J connectivity index is 2.83. The van der Waals surface area contributed by atoms with Crippen molar-refractivity contribution in [3.63, 3.8) is 0 Å². The number of rotatable bonds is 4. The average Bonchev–Trinajstić information content (AvgIpc) is 2.29. The van der Waals surface area contributed by atoms with Crippen molar-refractivity contribution in [2.45, 2.75) is 0 Å². The number of nitro groups is 1. The van der Waals surface area contributed by atoms with Gasteiger partial charge in [0.1, 0.15) is 5.75 Å². The van der Waals surface area contributed by atoms with E-state index in [4.69, 9.17) is 5.11 Å². The number of nitrogens with one attached hydrogen (secondary N) is 1. The highest BCUT2D eigenvalue weighted by molar-refractivity contribution is 6.03. The molecular weight excluding hydrogens is 244 g/mol. The minimum absolute atomic E-state index is 0.0550. The number of carbonyl (C=O) groups is 2. The summed E-state index contributed by atoms with van der Waals surface area (Å²) in [5, 5.41) is 30.3. The van der Waals surface area contributed by atoms with Crippen LogP contribution in [0.15, 0.2) is 30.4 Å². The molecule has 0 unspecified atom stereocenters. The summed E-state index contributed by atoms with van der Waals surface area (Å²) in [5.41, 5.74) is -0.382. The van der Waals surface area contributed by atoms with E-state index in [-0.39, 0.29) is 11.4 Å². The quantitative estimate of drug-likeness (QED) is 0.315. The first-order valence-electron chi connectivity index (χ1n) is 4.59. The lowest BCUT2D eigenvalue weighted by Crippen LogP contribution is -2.08. The highest BCUT2D eigenvalue weighted by atomic mass is 16.6. The van der Waals surface area contributed by atoms with Gasteiger partial charge in [0.25, 0.3) is 5.69 Å². The maximum Gasteiger partial charge on any atom is 0.328 e. The van der Waals surface area contributed by atoms with Crippen molar-refractivity contribution in [1.29, 1.82) is 0 Å². The molecule has 8 nitrogen and oxygen atoms in total. The first kappa shape index (κ1) is 13.2. The Morgan fingerprint density at radius 2 is 2.00 bits per heavy atom. The van der Waals surface area contributed by atoms with E-state index in [1.165, 1.54) is 0 Å². The monoisotopic (exact) mass is 252 g/mol. The van der Waals surface area contributed by atoms with E-state index in [0.717, 1.165) is 24.3 Å². The van der Waals surface area contributed by atoms with Gasteiger partial charge in [0.05, 0.1) is 16.7 Å². The molecule has 0 atom stereocenters. The van der Waals surface area contributed by atoms with Crippen LogP contribution in [0.4, 0.5) is 11.4 Å². The molecule has 0 aliphatic rings. The fraction of sp³-hybridized carbons (Fsp3) is 0. The summed E-state index contributed by atoms with van der Waals surface area (Å²) in [5.74, 6) is -2.55. The molecule has 0 saturated heterocycles. The smallest absolute Gasteiger partial charge is 0.328 e. The summed E-state index contributed by atoms with van der Waals surface area (Å²) in [4.78, 5) is 31.0. The van der Waals surface area contributed by atoms with E-state index in [9.17, 15) is 24.8 Å². The number of nitrogens with zero attached hydrogens (tertiary/aromatic N) is 1. The third kappa shape index (κ3) is 3.59. The molecule has 0 saturated carbocycles. The van der Waals surface area contributed by atoms with Gasteiger partial charge >= 0.3 is 5.97 Å². The number of non-ortho nitro benzene ring substituents is 1. The van der Waals surface area contributed by atoms with Crippen LogP contribution in [0.25, 0.3) is 0 Å². The van der Waals surface area contributed by atoms with E-state index in [1.54, 1.807) is 0 Å². The van der Waals surface area contributed by atoms with E-state index in [1.807, 2.05) is 0 Å². The van der Waals surface area contributed by atoms with Crippen molar-refractivity contribution in [2.75, 3.05) is 5.32 Å². The zero-order valence-corrected chi connectivity index (χ0v) is 8.86. The number of aliphatic carboxylic acids is 1. The number of benzene rings is 1. The molecule has 0 aromatic heterocycles. The Bertz CT molecular complexity index is 537. The Kier molecular flexibility index (Phi) is 3.98. The molecule has 0 bridgehead atoms. The summed E-state index contributed by atoms with van der Waals surface area (Å²) in [6.07, 6.45) is 1.38. The van der Waals surface area contributed by atoms with Crippen LogP contribution in [0.2, 0.25) is 0 Å². The first-order valence-corrected chi connectivity index (χ1v) is 4.59. The minimum Gasteiger partial charge on any atom is -0.506 e. The molecule has 94 valence electrons. The van der Waals surface area contributed by atoms with E-state index >= 15 is 0 Å². The lowest BCUT2D eigenvalue weighted by Gasteiger charge is -2.04. The van der Waals surface area contributed by atoms with Gasteiger partial charge in [0.15, 0.2) is 0 Å². The zero-order valence-electron chi connectivity index (χ0n) is 8.86. The molecule has 1 aromatic rings. The first-order chi connectivity index (χ1) is 8.40. The summed E-state index contributed by atoms with van der Waals surface area (Å²) >= 11 is 0. The van der Waals surface area contributed by atoms with Crippen molar-refractivity contribution in [2.24, 2.45) is 0 Å². The Labute approximate surface area is 100 Å². The number of carbonyl (C=O) groups excluding carboxylic acids is 1. The van der Waals surface area contributed by atoms with Gasteiger partial charge in [0.2, 0.25) is 5.91 Å². The SMILES string of the molecule is O=C(O)/C=C\C(=O)Nc1ccc([N+](=O)[O-])cc1O. The van der Waals surface area contributed by atoms with Gasteiger partial charge in [-0.25, -0.2) is 4.79 Å². The van der Waals surface area contributed by atoms with Crippen LogP contribution in [-0.2, 0) is 9.59 Å². The van der Waals surface area contributed by atoms with Crippen molar-refractivity contribution in [3.05, 3.63) is 40.5 Å². The summed E-state index contributed by atoms with van der Waals surface area (Å²) in [7, 11) is 0. The fourth-order valence-electron chi connectivity index (χ4n) is 1.06. The van der Waals surface area contributed by atoms with Crippen LogP contribution >= 0.6 is 0 Å². The number of hydrogen-bond acceptors (Lipinski definition) is 5. The van der Waals surface area contributed by atoms with Crippen molar-refractivity contribution < 1.29 is 24.7 Å². The van der Waals surface area contributed by atoms with Gasteiger partial charge < -0.3 is 15.5 Å². The fourth-order valence-corrected chi connectivity index (χ4v) is 1.06. The number of carboxylic acid groups (broad SMARTS) is 1. The van der Waals surface area contributed by atoms with Gasteiger partial charge in [0, 0.05) is 18.2 Å². The second-order valence-corrected chi connectivity index (χ2v) is 3.12. The number of phenols is 1. The van der Waals surface area contributed by atoms with Crippen molar-refractivity contribution >= 4 is 23.3 Å². The van der Waals surface area contributed by atoms with Crippen molar-refractivity contribution in [3.8, 4) is 5.75 Å². The van der Waals surface area contributed by atoms with Crippen molar-refractivity contribution in [1.82, 2.24) is 0 Å². The average molecular weight is 252 g/mol. The predicted octanol–water partition coefficient (Wildman–Crippen LogP) is 0.880. The number of nitro benzene ring substituents is 1. The number of anilines is 1. The standard InChI is InChI=1S/C10H8N2O6/c13-8-5-6(12(17)18)1-2-7(8)11-9(14)3-4-10(15)16/h1-5,13H,(H,11,14)(H,15,16)/b4-3-. The summed E-state index contributed by atoms with van der Waals surface area (Å²) in [6, 6.07) is 3.10. The lowest BCUT2D eigenvalue weighted by atomic mass is 10.2. The van der Waals surface area contributed by atoms with Gasteiger partial charge in [-0.2, -0.15) is 0 Å². The predicted molar refractivity (Wildman–Crippen MR) is 60.2 cm³/mol. The summed E-state index contributed by atoms with van der Waals surface area (Å²) in [6.45, 7) is 0. The zero-order chi connectivity index (χ0) is 13.7. The number of amides is 1. The molecule has 18 heavy (non-hydrogen) atoms. The van der Waals surface area contributed by atoms with Gasteiger partial charge in [-0.15, -0.1) is 0 Å².